The number of aromatic amines is 1. The summed E-state index contributed by atoms with van der Waals surface area (Å²) in [5, 5.41) is 16.6. The second-order valence-corrected chi connectivity index (χ2v) is 7.46. The van der Waals surface area contributed by atoms with Crippen molar-refractivity contribution in [1.82, 2.24) is 44.5 Å². The Bertz CT molecular complexity index is 1460. The number of rotatable bonds is 3. The van der Waals surface area contributed by atoms with E-state index >= 15 is 0 Å². The van der Waals surface area contributed by atoms with Crippen LogP contribution in [0.15, 0.2) is 47.4 Å². The highest BCUT2D eigenvalue weighted by Gasteiger charge is 2.38. The molecule has 0 saturated carbocycles. The summed E-state index contributed by atoms with van der Waals surface area (Å²) in [7, 11) is 1.77. The van der Waals surface area contributed by atoms with Crippen molar-refractivity contribution in [3.05, 3.63) is 71.8 Å². The van der Waals surface area contributed by atoms with Crippen molar-refractivity contribution in [2.45, 2.75) is 12.5 Å². The van der Waals surface area contributed by atoms with Gasteiger partial charge in [0.25, 0.3) is 5.89 Å². The first kappa shape index (κ1) is 18.4. The number of hydrogen-bond acceptors (Lipinski definition) is 7. The maximum Gasteiger partial charge on any atom is 0.312 e. The van der Waals surface area contributed by atoms with Gasteiger partial charge in [-0.05, 0) is 24.3 Å². The number of amides is 1. The van der Waals surface area contributed by atoms with Crippen molar-refractivity contribution in [3.8, 4) is 11.6 Å². The zero-order valence-corrected chi connectivity index (χ0v) is 16.8. The zero-order valence-electron chi connectivity index (χ0n) is 16.8. The minimum absolute atomic E-state index is 0.151. The molecule has 0 bridgehead atoms. The molecule has 0 aliphatic carbocycles. The van der Waals surface area contributed by atoms with E-state index in [9.17, 15) is 9.18 Å². The fourth-order valence-corrected chi connectivity index (χ4v) is 3.99. The van der Waals surface area contributed by atoms with Crippen molar-refractivity contribution in [1.29, 1.82) is 0 Å². The average molecular weight is 433 g/mol. The van der Waals surface area contributed by atoms with Gasteiger partial charge in [-0.2, -0.15) is 10.2 Å². The van der Waals surface area contributed by atoms with E-state index in [0.717, 1.165) is 5.69 Å². The summed E-state index contributed by atoms with van der Waals surface area (Å²) in [6.45, 7) is 0.371. The number of aromatic nitrogens is 8. The van der Waals surface area contributed by atoms with Crippen LogP contribution in [0.2, 0.25) is 0 Å². The summed E-state index contributed by atoms with van der Waals surface area (Å²) in [6.07, 6.45) is 5.54. The van der Waals surface area contributed by atoms with Crippen LogP contribution in [0, 0.1) is 5.82 Å². The van der Waals surface area contributed by atoms with Crippen LogP contribution < -0.4 is 0 Å². The highest BCUT2D eigenvalue weighted by atomic mass is 19.1. The van der Waals surface area contributed by atoms with Crippen molar-refractivity contribution >= 4 is 11.4 Å². The number of nitrogens with one attached hydrogen (secondary N) is 1. The van der Waals surface area contributed by atoms with Crippen molar-refractivity contribution in [3.63, 3.8) is 0 Å². The molecule has 0 radical (unpaired) electrons. The maximum atomic E-state index is 14.3. The largest absolute Gasteiger partial charge is 0.411 e. The molecule has 0 spiro atoms. The van der Waals surface area contributed by atoms with Crippen molar-refractivity contribution in [2.75, 3.05) is 6.54 Å². The van der Waals surface area contributed by atoms with Gasteiger partial charge >= 0.3 is 11.8 Å². The number of carbonyl (C=O) groups excluding carboxylic acids is 1. The average Bonchev–Trinajstić information content (AvgIpc) is 3.57. The van der Waals surface area contributed by atoms with Gasteiger partial charge in [-0.25, -0.2) is 13.9 Å². The van der Waals surface area contributed by atoms with Crippen LogP contribution in [0.25, 0.3) is 17.1 Å². The standard InChI is InChI=1S/C20H16FN9O2/c1-28-7-4-13(26-28)18-24-25-19(32-18)20(31)29-8-5-12-16(23-10-22-12)17(29)14-9-15-11(21)3-2-6-30(15)27-14/h2-4,6-7,9-10,17H,5,8H2,1H3,(H,22,23). The lowest BCUT2D eigenvalue weighted by Gasteiger charge is -2.32. The lowest BCUT2D eigenvalue weighted by atomic mass is 9.99. The summed E-state index contributed by atoms with van der Waals surface area (Å²) in [5.41, 5.74) is 2.82. The first-order chi connectivity index (χ1) is 15.6. The van der Waals surface area contributed by atoms with Gasteiger partial charge in [0, 0.05) is 38.1 Å². The number of H-pyrrole nitrogens is 1. The van der Waals surface area contributed by atoms with Crippen LogP contribution in [0.4, 0.5) is 4.39 Å². The van der Waals surface area contributed by atoms with Gasteiger partial charge in [0.05, 0.1) is 17.7 Å². The summed E-state index contributed by atoms with van der Waals surface area (Å²) < 4.78 is 23.0. The van der Waals surface area contributed by atoms with Crippen LogP contribution in [0.3, 0.4) is 0 Å². The second-order valence-electron chi connectivity index (χ2n) is 7.46. The van der Waals surface area contributed by atoms with E-state index in [4.69, 9.17) is 4.42 Å². The Labute approximate surface area is 179 Å². The van der Waals surface area contributed by atoms with E-state index < -0.39 is 17.8 Å². The molecule has 32 heavy (non-hydrogen) atoms. The van der Waals surface area contributed by atoms with E-state index in [2.05, 4.69) is 30.4 Å². The first-order valence-corrected chi connectivity index (χ1v) is 9.89. The quantitative estimate of drug-likeness (QED) is 0.460. The summed E-state index contributed by atoms with van der Waals surface area (Å²) in [4.78, 5) is 22.5. The van der Waals surface area contributed by atoms with Crippen LogP contribution in [0.1, 0.15) is 33.8 Å². The van der Waals surface area contributed by atoms with Crippen LogP contribution in [-0.2, 0) is 13.5 Å². The molecule has 0 aromatic carbocycles. The predicted molar refractivity (Wildman–Crippen MR) is 107 cm³/mol. The molecule has 1 aliphatic heterocycles. The number of nitrogens with zero attached hydrogens (tertiary/aromatic N) is 8. The summed E-state index contributed by atoms with van der Waals surface area (Å²) >= 11 is 0. The number of imidazole rings is 1. The Morgan fingerprint density at radius 1 is 1.25 bits per heavy atom. The molecule has 1 amide bonds. The Morgan fingerprint density at radius 3 is 2.97 bits per heavy atom. The molecule has 5 aromatic heterocycles. The molecular weight excluding hydrogens is 417 g/mol. The molecule has 1 aliphatic rings. The van der Waals surface area contributed by atoms with Crippen molar-refractivity contribution in [2.24, 2.45) is 7.05 Å². The highest BCUT2D eigenvalue weighted by molar-refractivity contribution is 5.90. The Kier molecular flexibility index (Phi) is 3.93. The molecule has 1 atom stereocenters. The highest BCUT2D eigenvalue weighted by Crippen LogP contribution is 2.34. The first-order valence-electron chi connectivity index (χ1n) is 9.89. The van der Waals surface area contributed by atoms with E-state index in [1.165, 1.54) is 10.6 Å². The lowest BCUT2D eigenvalue weighted by molar-refractivity contribution is 0.0646. The van der Waals surface area contributed by atoms with Crippen LogP contribution in [0.5, 0.6) is 0 Å². The third-order valence-electron chi connectivity index (χ3n) is 5.48. The van der Waals surface area contributed by atoms with Gasteiger partial charge in [-0.15, -0.1) is 10.2 Å². The van der Waals surface area contributed by atoms with Gasteiger partial charge in [0.15, 0.2) is 0 Å². The molecule has 5 aromatic rings. The molecule has 0 fully saturated rings. The second kappa shape index (κ2) is 6.83. The third kappa shape index (κ3) is 2.80. The molecule has 1 N–H and O–H groups in total. The predicted octanol–water partition coefficient (Wildman–Crippen LogP) is 1.77. The number of halogens is 1. The molecule has 6 heterocycles. The molecule has 12 heteroatoms. The fraction of sp³-hybridized carbons (Fsp3) is 0.200. The van der Waals surface area contributed by atoms with Gasteiger partial charge in [-0.1, -0.05) is 0 Å². The van der Waals surface area contributed by atoms with E-state index in [1.54, 1.807) is 53.5 Å². The molecule has 1 unspecified atom stereocenters. The Balaban J connectivity index is 1.41. The number of aryl methyl sites for hydroxylation is 1. The van der Waals surface area contributed by atoms with E-state index in [-0.39, 0.29) is 11.8 Å². The van der Waals surface area contributed by atoms with E-state index in [1.807, 2.05) is 0 Å². The summed E-state index contributed by atoms with van der Waals surface area (Å²) in [6, 6.07) is 5.63. The Morgan fingerprint density at radius 2 is 2.16 bits per heavy atom. The van der Waals surface area contributed by atoms with Gasteiger partial charge in [0.1, 0.15) is 23.1 Å². The monoisotopic (exact) mass is 433 g/mol. The maximum absolute atomic E-state index is 14.3. The van der Waals surface area contributed by atoms with E-state index in [0.29, 0.717) is 35.6 Å². The normalized spacial score (nSPS) is 15.9. The number of fused-ring (bicyclic) bond motifs is 2. The minimum atomic E-state index is -0.637. The van der Waals surface area contributed by atoms with Gasteiger partial charge < -0.3 is 14.3 Å². The topological polar surface area (TPSA) is 123 Å². The molecule has 6 rings (SSSR count). The number of pyridine rings is 1. The molecule has 0 saturated heterocycles. The zero-order chi connectivity index (χ0) is 21.8. The third-order valence-corrected chi connectivity index (χ3v) is 5.48. The van der Waals surface area contributed by atoms with Crippen molar-refractivity contribution < 1.29 is 13.6 Å². The van der Waals surface area contributed by atoms with Gasteiger partial charge in [0.2, 0.25) is 0 Å². The van der Waals surface area contributed by atoms with Crippen LogP contribution in [-0.4, -0.2) is 56.9 Å². The number of hydrogen-bond donors (Lipinski definition) is 1. The molecular formula is C20H16FN9O2. The minimum Gasteiger partial charge on any atom is -0.411 e. The summed E-state index contributed by atoms with van der Waals surface area (Å²) in [5.74, 6) is -0.877. The molecule has 11 nitrogen and oxygen atoms in total. The lowest BCUT2D eigenvalue weighted by Crippen LogP contribution is -2.41. The SMILES string of the molecule is Cn1ccc(-c2nnc(C(=O)N3CCc4[nH]cnc4C3c3cc4c(F)cccn4n3)o2)n1. The molecule has 160 valence electrons. The van der Waals surface area contributed by atoms with Crippen LogP contribution >= 0.6 is 0 Å². The van der Waals surface area contributed by atoms with Gasteiger partial charge in [-0.3, -0.25) is 9.48 Å². The fourth-order valence-electron chi connectivity index (χ4n) is 3.99. The smallest absolute Gasteiger partial charge is 0.312 e. The number of carbonyl (C=O) groups is 1. The Hall–Kier alpha value is -4.35.